The Morgan fingerprint density at radius 3 is 0.480 bits per heavy atom. The lowest BCUT2D eigenvalue weighted by Gasteiger charge is -1.79. The van der Waals surface area contributed by atoms with Gasteiger partial charge in [0.25, 0.3) is 9.28 Å². The molecule has 0 heterocycles. The van der Waals surface area contributed by atoms with Crippen LogP contribution in [0.5, 0.6) is 0 Å². The molecule has 15 nitrogen and oxygen atoms in total. The van der Waals surface area contributed by atoms with Crippen molar-refractivity contribution in [3.8, 4) is 0 Å². The van der Waals surface area contributed by atoms with Gasteiger partial charge in [-0.25, -0.2) is 0 Å². The molecule has 25 heteroatoms. The molecule has 0 aliphatic rings. The number of rotatable bonds is 0. The van der Waals surface area contributed by atoms with E-state index in [-0.39, 0.29) is 55.6 Å². The number of hydrogen-bond donors (Lipinski definition) is 15. The van der Waals surface area contributed by atoms with Gasteiger partial charge in [-0.2, -0.15) is 0 Å². The third-order valence-electron chi connectivity index (χ3n) is 0. The molecule has 0 radical (unpaired) electrons. The Morgan fingerprint density at radius 2 is 0.480 bits per heavy atom. The molecule has 0 spiro atoms. The Labute approximate surface area is 190 Å². The molecule has 0 amide bonds. The standard InChI is InChI=1S/H7N3Si.3H6N2Si.3H5NSi.3H3N.3H4Si.3H2/c1-4(2)3;3*1-3-2;3*1-2;;;;;;;;;/h4H,1-3H2;3*1-3H2;3*1H2,2H3;3*1H3;3*1H4;3*1H. The SMILES string of the molecule is N.N.N.N[SiH2]N.N[SiH2]N.N[SiH2]N.N[SiH3].N[SiH3].N[SiH3].N[SiH](N)N.[HH].[HH].[HH].[SiH4].[SiH4].[SiH4]. The van der Waals surface area contributed by atoms with Crippen LogP contribution in [0.15, 0.2) is 0 Å². The van der Waals surface area contributed by atoms with Crippen LogP contribution < -0.4 is 83.2 Å². The lowest BCUT2D eigenvalue weighted by molar-refractivity contribution is 1.55. The van der Waals surface area contributed by atoms with Gasteiger partial charge in [0.05, 0.1) is 31.2 Å². The fraction of sp³-hybridized carbons (Fsp3) is 0. The highest BCUT2D eigenvalue weighted by Crippen LogP contribution is 1.06. The lowest BCUT2D eigenvalue weighted by atomic mass is 13.8. The van der Waals surface area contributed by atoms with Crippen LogP contribution in [0.1, 0.15) is 4.28 Å². The van der Waals surface area contributed by atoms with Crippen LogP contribution in [0.3, 0.4) is 0 Å². The molecule has 0 bridgehead atoms. The van der Waals surface area contributed by atoms with Crippen molar-refractivity contribution < 1.29 is 4.28 Å². The first-order valence-corrected chi connectivity index (χ1v) is 15.5. The predicted molar refractivity (Wildman–Crippen MR) is 168 cm³/mol. The number of hydrogen-bond acceptors (Lipinski definition) is 15. The molecule has 33 N–H and O–H groups in total. The molecule has 0 unspecified atom stereocenters. The maximum atomic E-state index is 4.81. The molecular formula is H67N15Si10. The summed E-state index contributed by atoms with van der Waals surface area (Å²) in [6.45, 7) is 0. The van der Waals surface area contributed by atoms with Gasteiger partial charge in [-0.15, -0.1) is 0 Å². The van der Waals surface area contributed by atoms with E-state index >= 15 is 0 Å². The number of nitrogens with two attached hydrogens (primary N) is 12. The van der Waals surface area contributed by atoms with E-state index in [0.29, 0.717) is 0 Å². The first-order valence-electron chi connectivity index (χ1n) is 5.18. The van der Waals surface area contributed by atoms with Crippen molar-refractivity contribution in [2.24, 2.45) is 64.8 Å². The van der Waals surface area contributed by atoms with Crippen LogP contribution in [0.4, 0.5) is 0 Å². The Bertz CT molecular complexity index is 59.5. The molecule has 0 aliphatic carbocycles. The summed E-state index contributed by atoms with van der Waals surface area (Å²) < 4.78 is 0. The summed E-state index contributed by atoms with van der Waals surface area (Å²) in [5.74, 6) is 0. The fourth-order valence-electron chi connectivity index (χ4n) is 0. The van der Waals surface area contributed by atoms with E-state index in [1.807, 2.05) is 0 Å². The maximum Gasteiger partial charge on any atom is 0.256 e. The van der Waals surface area contributed by atoms with Crippen molar-refractivity contribution >= 4 is 103 Å². The molecule has 0 fully saturated rings. The predicted octanol–water partition coefficient (Wildman–Crippen LogP) is -17.2. The second kappa shape index (κ2) is 269. The Kier molecular flexibility index (Phi) is 1020. The summed E-state index contributed by atoms with van der Waals surface area (Å²) in [7, 11) is -0.972. The molecule has 25 heavy (non-hydrogen) atoms. The summed E-state index contributed by atoms with van der Waals surface area (Å²) >= 11 is 0. The summed E-state index contributed by atoms with van der Waals surface area (Å²) in [4.78, 5) is 0. The zero-order valence-corrected chi connectivity index (χ0v) is 26.1. The van der Waals surface area contributed by atoms with Gasteiger partial charge in [0, 0.05) is 4.28 Å². The van der Waals surface area contributed by atoms with E-state index in [0.717, 1.165) is 31.2 Å². The average Bonchev–Trinajstić information content (AvgIpc) is 2.38. The molecule has 0 aromatic heterocycles. The van der Waals surface area contributed by atoms with Crippen LogP contribution >= 0.6 is 0 Å². The van der Waals surface area contributed by atoms with Gasteiger partial charge in [-0.1, -0.05) is 0 Å². The Balaban J connectivity index is -0.00000000412. The molecule has 0 aromatic carbocycles. The Morgan fingerprint density at radius 1 is 0.480 bits per heavy atom. The second-order valence-corrected chi connectivity index (χ2v) is 3.85. The zero-order valence-electron chi connectivity index (χ0n) is 14.7. The van der Waals surface area contributed by atoms with E-state index in [1.165, 1.54) is 0 Å². The third-order valence-corrected chi connectivity index (χ3v) is 0. The van der Waals surface area contributed by atoms with Crippen LogP contribution in [-0.2, 0) is 0 Å². The highest BCUT2D eigenvalue weighted by atomic mass is 28.3. The minimum Gasteiger partial charge on any atom is -0.358 e. The summed E-state index contributed by atoms with van der Waals surface area (Å²) in [5, 5.41) is 56.9. The van der Waals surface area contributed by atoms with Crippen LogP contribution in [-0.4, -0.2) is 103 Å². The molecule has 0 saturated carbocycles. The Hall–Kier alpha value is 1.57. The third kappa shape index (κ3) is 5770. The van der Waals surface area contributed by atoms with Crippen LogP contribution in [0.2, 0.25) is 0 Å². The van der Waals surface area contributed by atoms with E-state index in [4.69, 9.17) is 48.6 Å². The minimum absolute atomic E-state index is 0. The first-order chi connectivity index (χ1) is 8.97. The highest BCUT2D eigenvalue weighted by molar-refractivity contribution is 6.47. The largest absolute Gasteiger partial charge is 0.358 e. The van der Waals surface area contributed by atoms with Crippen LogP contribution in [0, 0.1) is 0 Å². The molecule has 0 rings (SSSR count). The van der Waals surface area contributed by atoms with Crippen molar-refractivity contribution in [2.45, 2.75) is 0 Å². The molecule has 0 saturated heterocycles. The minimum atomic E-state index is -1.64. The van der Waals surface area contributed by atoms with Crippen molar-refractivity contribution in [1.29, 1.82) is 0 Å². The summed E-state index contributed by atoms with van der Waals surface area (Å²) in [6, 6.07) is 0. The highest BCUT2D eigenvalue weighted by Gasteiger charge is 1.72. The van der Waals surface area contributed by atoms with Gasteiger partial charge in [0.2, 0.25) is 0 Å². The molecule has 0 aliphatic heterocycles. The quantitative estimate of drug-likeness (QED) is 0.123. The van der Waals surface area contributed by atoms with E-state index in [1.54, 1.807) is 0 Å². The van der Waals surface area contributed by atoms with Crippen LogP contribution in [0.25, 0.3) is 0 Å². The lowest BCUT2D eigenvalue weighted by Crippen LogP contribution is -2.46. The van der Waals surface area contributed by atoms with E-state index < -0.39 is 38.8 Å². The van der Waals surface area contributed by atoms with E-state index in [2.05, 4.69) is 16.2 Å². The smallest absolute Gasteiger partial charge is 0.256 e. The van der Waals surface area contributed by atoms with Gasteiger partial charge in [0.1, 0.15) is 0 Å². The average molecular weight is 559 g/mol. The monoisotopic (exact) mass is 557 g/mol. The van der Waals surface area contributed by atoms with Gasteiger partial charge < -0.3 is 83.2 Å². The zero-order chi connectivity index (χ0) is 17.7. The summed E-state index contributed by atoms with van der Waals surface area (Å²) in [6.07, 6.45) is 0. The first kappa shape index (κ1) is 94.3. The van der Waals surface area contributed by atoms with E-state index in [9.17, 15) is 0 Å². The topological polar surface area (TPSA) is 417 Å². The second-order valence-electron chi connectivity index (χ2n) is 1.28. The van der Waals surface area contributed by atoms with Crippen molar-refractivity contribution in [2.75, 3.05) is 0 Å². The van der Waals surface area contributed by atoms with Gasteiger partial charge in [-0.3, -0.25) is 0 Å². The van der Waals surface area contributed by atoms with Crippen molar-refractivity contribution in [1.82, 2.24) is 18.5 Å². The van der Waals surface area contributed by atoms with Gasteiger partial charge in [-0.05, 0) is 32.9 Å². The van der Waals surface area contributed by atoms with Gasteiger partial charge in [0.15, 0.2) is 29.5 Å². The van der Waals surface area contributed by atoms with Crippen molar-refractivity contribution in [3.05, 3.63) is 0 Å². The fourth-order valence-corrected chi connectivity index (χ4v) is 0. The maximum absolute atomic E-state index is 4.81. The molecule has 0 aromatic rings. The molecule has 0 atom stereocenters. The van der Waals surface area contributed by atoms with Gasteiger partial charge >= 0.3 is 0 Å². The summed E-state index contributed by atoms with van der Waals surface area (Å²) in [5.41, 5.74) is 0. The normalized spacial score (nSPS) is 4.68. The molecular weight excluding hydrogens is 491 g/mol. The molecule has 182 valence electrons. The van der Waals surface area contributed by atoms with Crippen molar-refractivity contribution in [3.63, 3.8) is 0 Å².